The van der Waals surface area contributed by atoms with Crippen molar-refractivity contribution in [2.24, 2.45) is 0 Å². The molecule has 4 heteroatoms. The fourth-order valence-corrected chi connectivity index (χ4v) is 3.93. The summed E-state index contributed by atoms with van der Waals surface area (Å²) in [7, 11) is 0. The smallest absolute Gasteiger partial charge is 0.123 e. The minimum atomic E-state index is -0.230. The molecule has 0 saturated carbocycles. The van der Waals surface area contributed by atoms with Crippen molar-refractivity contribution in [1.82, 2.24) is 15.1 Å². The van der Waals surface area contributed by atoms with Gasteiger partial charge in [-0.15, -0.1) is 0 Å². The normalized spacial score (nSPS) is 18.9. The third-order valence-electron chi connectivity index (χ3n) is 5.28. The zero-order chi connectivity index (χ0) is 18.8. The Morgan fingerprint density at radius 3 is 2.52 bits per heavy atom. The first-order chi connectivity index (χ1) is 13.1. The van der Waals surface area contributed by atoms with Crippen LogP contribution in [0.15, 0.2) is 66.7 Å². The zero-order valence-electron chi connectivity index (χ0n) is 15.7. The number of nitrogens with one attached hydrogen (secondary N) is 1. The number of aromatic nitrogens is 2. The van der Waals surface area contributed by atoms with Crippen LogP contribution in [-0.2, 0) is 6.54 Å². The molecule has 2 atom stereocenters. The molecule has 4 rings (SSSR count). The monoisotopic (exact) mass is 361 g/mol. The second-order valence-electron chi connectivity index (χ2n) is 7.17. The molecule has 3 aromatic rings. The van der Waals surface area contributed by atoms with Gasteiger partial charge in [0.1, 0.15) is 5.82 Å². The minimum Gasteiger partial charge on any atom is -0.306 e. The van der Waals surface area contributed by atoms with Gasteiger partial charge in [-0.3, -0.25) is 0 Å². The van der Waals surface area contributed by atoms with Gasteiger partial charge in [0.15, 0.2) is 0 Å². The van der Waals surface area contributed by atoms with E-state index in [4.69, 9.17) is 5.10 Å². The molecule has 0 aliphatic heterocycles. The highest BCUT2D eigenvalue weighted by molar-refractivity contribution is 5.41. The molecule has 1 aromatic heterocycles. The molecule has 0 radical (unpaired) electrons. The van der Waals surface area contributed by atoms with Crippen molar-refractivity contribution in [1.29, 1.82) is 0 Å². The predicted octanol–water partition coefficient (Wildman–Crippen LogP) is 4.83. The van der Waals surface area contributed by atoms with Gasteiger partial charge < -0.3 is 5.32 Å². The molecule has 2 aromatic carbocycles. The summed E-state index contributed by atoms with van der Waals surface area (Å²) in [5.74, 6) is 0.124. The summed E-state index contributed by atoms with van der Waals surface area (Å²) in [5, 5.41) is 8.34. The van der Waals surface area contributed by atoms with E-state index in [1.165, 1.54) is 23.3 Å². The van der Waals surface area contributed by atoms with Crippen LogP contribution in [0, 0.1) is 19.7 Å². The first-order valence-electron chi connectivity index (χ1n) is 9.39. The first kappa shape index (κ1) is 17.7. The van der Waals surface area contributed by atoms with Crippen molar-refractivity contribution in [3.8, 4) is 5.69 Å². The minimum absolute atomic E-state index is 0.230. The second kappa shape index (κ2) is 7.49. The van der Waals surface area contributed by atoms with Crippen LogP contribution >= 0.6 is 0 Å². The summed E-state index contributed by atoms with van der Waals surface area (Å²) in [4.78, 5) is 0. The van der Waals surface area contributed by atoms with E-state index in [1.54, 1.807) is 12.1 Å². The lowest BCUT2D eigenvalue weighted by atomic mass is 9.96. The van der Waals surface area contributed by atoms with Gasteiger partial charge in [-0.1, -0.05) is 42.5 Å². The SMILES string of the molecule is Cc1nn(-c2ccc(F)cc2)c(C)c1C1C=CC(NCc2ccccc2)C1. The molecule has 27 heavy (non-hydrogen) atoms. The largest absolute Gasteiger partial charge is 0.306 e. The summed E-state index contributed by atoms with van der Waals surface area (Å²) in [6.07, 6.45) is 5.58. The van der Waals surface area contributed by atoms with Crippen LogP contribution in [0.2, 0.25) is 0 Å². The third kappa shape index (κ3) is 3.71. The number of benzene rings is 2. The van der Waals surface area contributed by atoms with Crippen LogP contribution in [0.1, 0.15) is 34.9 Å². The Bertz CT molecular complexity index is 942. The number of hydrogen-bond acceptors (Lipinski definition) is 2. The quantitative estimate of drug-likeness (QED) is 0.660. The second-order valence-corrected chi connectivity index (χ2v) is 7.17. The standard InChI is InChI=1S/C23H24FN3/c1-16-23(17(2)27(26-16)22-12-9-20(24)10-13-22)19-8-11-21(14-19)25-15-18-6-4-3-5-7-18/h3-13,19,21,25H,14-15H2,1-2H3. The lowest BCUT2D eigenvalue weighted by Gasteiger charge is -2.15. The highest BCUT2D eigenvalue weighted by atomic mass is 19.1. The van der Waals surface area contributed by atoms with Gasteiger partial charge in [-0.05, 0) is 50.1 Å². The Balaban J connectivity index is 1.48. The number of rotatable bonds is 5. The summed E-state index contributed by atoms with van der Waals surface area (Å²) >= 11 is 0. The molecule has 1 N–H and O–H groups in total. The Morgan fingerprint density at radius 2 is 1.78 bits per heavy atom. The van der Waals surface area contributed by atoms with E-state index in [0.717, 1.165) is 30.0 Å². The maximum absolute atomic E-state index is 13.2. The fraction of sp³-hybridized carbons (Fsp3) is 0.261. The summed E-state index contributed by atoms with van der Waals surface area (Å²) in [6, 6.07) is 17.3. The van der Waals surface area contributed by atoms with E-state index in [9.17, 15) is 4.39 Å². The highest BCUT2D eigenvalue weighted by Gasteiger charge is 2.25. The van der Waals surface area contributed by atoms with E-state index in [-0.39, 0.29) is 5.82 Å². The van der Waals surface area contributed by atoms with Crippen LogP contribution in [0.3, 0.4) is 0 Å². The lowest BCUT2D eigenvalue weighted by Crippen LogP contribution is -2.25. The van der Waals surface area contributed by atoms with Crippen LogP contribution < -0.4 is 5.32 Å². The molecule has 0 spiro atoms. The van der Waals surface area contributed by atoms with Gasteiger partial charge in [0.05, 0.1) is 11.4 Å². The van der Waals surface area contributed by atoms with Crippen LogP contribution in [-0.4, -0.2) is 15.8 Å². The molecular weight excluding hydrogens is 337 g/mol. The molecule has 2 unspecified atom stereocenters. The van der Waals surface area contributed by atoms with Crippen molar-refractivity contribution in [2.75, 3.05) is 0 Å². The average Bonchev–Trinajstić information content (AvgIpc) is 3.25. The molecule has 0 amide bonds. The van der Waals surface area contributed by atoms with Gasteiger partial charge in [-0.2, -0.15) is 5.10 Å². The Kier molecular flexibility index (Phi) is 4.90. The molecule has 0 bridgehead atoms. The Morgan fingerprint density at radius 1 is 1.04 bits per heavy atom. The van der Waals surface area contributed by atoms with Crippen molar-refractivity contribution in [3.63, 3.8) is 0 Å². The number of aryl methyl sites for hydroxylation is 1. The molecule has 1 aliphatic carbocycles. The zero-order valence-corrected chi connectivity index (χ0v) is 15.7. The van der Waals surface area contributed by atoms with Gasteiger partial charge in [0, 0.05) is 29.8 Å². The Hall–Kier alpha value is -2.72. The van der Waals surface area contributed by atoms with E-state index >= 15 is 0 Å². The fourth-order valence-electron chi connectivity index (χ4n) is 3.93. The number of nitrogens with zero attached hydrogens (tertiary/aromatic N) is 2. The maximum Gasteiger partial charge on any atom is 0.123 e. The lowest BCUT2D eigenvalue weighted by molar-refractivity contribution is 0.559. The average molecular weight is 361 g/mol. The molecule has 138 valence electrons. The van der Waals surface area contributed by atoms with E-state index in [0.29, 0.717) is 12.0 Å². The van der Waals surface area contributed by atoms with Gasteiger partial charge in [0.2, 0.25) is 0 Å². The molecular formula is C23H24FN3. The highest BCUT2D eigenvalue weighted by Crippen LogP contribution is 2.34. The molecule has 0 saturated heterocycles. The van der Waals surface area contributed by atoms with Crippen molar-refractivity contribution in [3.05, 3.63) is 95.1 Å². The van der Waals surface area contributed by atoms with E-state index in [1.807, 2.05) is 10.7 Å². The molecule has 1 aliphatic rings. The number of halogens is 1. The summed E-state index contributed by atoms with van der Waals surface area (Å²) in [6.45, 7) is 5.02. The van der Waals surface area contributed by atoms with Crippen molar-refractivity contribution >= 4 is 0 Å². The number of hydrogen-bond donors (Lipinski definition) is 1. The summed E-state index contributed by atoms with van der Waals surface area (Å²) in [5.41, 5.74) is 5.63. The first-order valence-corrected chi connectivity index (χ1v) is 9.39. The van der Waals surface area contributed by atoms with Gasteiger partial charge in [0.25, 0.3) is 0 Å². The third-order valence-corrected chi connectivity index (χ3v) is 5.28. The maximum atomic E-state index is 13.2. The predicted molar refractivity (Wildman–Crippen MR) is 107 cm³/mol. The van der Waals surface area contributed by atoms with Crippen LogP contribution in [0.25, 0.3) is 5.69 Å². The Labute approximate surface area is 159 Å². The number of allylic oxidation sites excluding steroid dienone is 1. The molecule has 0 fully saturated rings. The van der Waals surface area contributed by atoms with Crippen LogP contribution in [0.5, 0.6) is 0 Å². The summed E-state index contributed by atoms with van der Waals surface area (Å²) < 4.78 is 15.1. The van der Waals surface area contributed by atoms with Crippen molar-refractivity contribution in [2.45, 2.75) is 38.8 Å². The van der Waals surface area contributed by atoms with Crippen LogP contribution in [0.4, 0.5) is 4.39 Å². The van der Waals surface area contributed by atoms with Gasteiger partial charge >= 0.3 is 0 Å². The molecule has 1 heterocycles. The topological polar surface area (TPSA) is 29.9 Å². The van der Waals surface area contributed by atoms with E-state index in [2.05, 4.69) is 55.6 Å². The van der Waals surface area contributed by atoms with Gasteiger partial charge in [-0.25, -0.2) is 9.07 Å². The molecule has 3 nitrogen and oxygen atoms in total. The van der Waals surface area contributed by atoms with Crippen molar-refractivity contribution < 1.29 is 4.39 Å². The van der Waals surface area contributed by atoms with E-state index < -0.39 is 0 Å².